The predicted octanol–water partition coefficient (Wildman–Crippen LogP) is 3.25. The van der Waals surface area contributed by atoms with Gasteiger partial charge < -0.3 is 10.1 Å². The minimum atomic E-state index is -0.800. The number of ether oxygens (including phenoxy) is 1. The smallest absolute Gasteiger partial charge is 0.307 e. The fourth-order valence-corrected chi connectivity index (χ4v) is 3.44. The molecule has 0 spiro atoms. The summed E-state index contributed by atoms with van der Waals surface area (Å²) in [6.07, 6.45) is 3.53. The van der Waals surface area contributed by atoms with Crippen LogP contribution in [0.25, 0.3) is 0 Å². The van der Waals surface area contributed by atoms with Crippen molar-refractivity contribution in [2.75, 3.05) is 0 Å². The lowest BCUT2D eigenvalue weighted by molar-refractivity contribution is -0.147. The molecular weight excluding hydrogens is 328 g/mol. The Kier molecular flexibility index (Phi) is 4.81. The average Bonchev–Trinajstić information content (AvgIpc) is 2.88. The molecule has 1 aromatic carbocycles. The van der Waals surface area contributed by atoms with Gasteiger partial charge in [0.15, 0.2) is 0 Å². The van der Waals surface area contributed by atoms with Crippen LogP contribution in [0, 0.1) is 19.8 Å². The molecule has 1 fully saturated rings. The van der Waals surface area contributed by atoms with Crippen molar-refractivity contribution < 1.29 is 14.3 Å². The summed E-state index contributed by atoms with van der Waals surface area (Å²) in [5.74, 6) is -1.02. The van der Waals surface area contributed by atoms with E-state index in [0.29, 0.717) is 0 Å². The third-order valence-corrected chi connectivity index (χ3v) is 4.98. The number of hydrogen-bond acceptors (Lipinski definition) is 4. The van der Waals surface area contributed by atoms with E-state index in [0.717, 1.165) is 22.3 Å². The normalized spacial score (nSPS) is 19.7. The number of esters is 1. The van der Waals surface area contributed by atoms with E-state index in [9.17, 15) is 9.59 Å². The van der Waals surface area contributed by atoms with Crippen LogP contribution in [0.4, 0.5) is 0 Å². The van der Waals surface area contributed by atoms with E-state index >= 15 is 0 Å². The van der Waals surface area contributed by atoms with Gasteiger partial charge in [-0.05, 0) is 56.5 Å². The Labute approximate surface area is 153 Å². The van der Waals surface area contributed by atoms with Gasteiger partial charge in [-0.3, -0.25) is 14.6 Å². The van der Waals surface area contributed by atoms with Crippen LogP contribution in [-0.4, -0.2) is 22.5 Å². The molecule has 1 N–H and O–H groups in total. The maximum absolute atomic E-state index is 13.0. The number of rotatable bonds is 4. The summed E-state index contributed by atoms with van der Waals surface area (Å²) in [7, 11) is 0. The minimum Gasteiger partial charge on any atom is -0.459 e. The molecule has 0 radical (unpaired) electrons. The highest BCUT2D eigenvalue weighted by Gasteiger charge is 2.46. The van der Waals surface area contributed by atoms with E-state index in [4.69, 9.17) is 4.74 Å². The van der Waals surface area contributed by atoms with Crippen LogP contribution in [-0.2, 0) is 14.3 Å². The number of nitrogens with one attached hydrogen (secondary N) is 1. The first-order chi connectivity index (χ1) is 12.3. The topological polar surface area (TPSA) is 68.3 Å². The molecule has 1 aliphatic rings. The second-order valence-corrected chi connectivity index (χ2v) is 7.42. The SMILES string of the molecule is Cc1ccc(C)c([C@H](NC(=O)[C@H]2CC(=O)OC2(C)C)c2ccncc2)c1. The minimum absolute atomic E-state index is 0.106. The maximum Gasteiger partial charge on any atom is 0.307 e. The van der Waals surface area contributed by atoms with E-state index in [2.05, 4.69) is 28.5 Å². The number of benzene rings is 1. The molecule has 5 nitrogen and oxygen atoms in total. The standard InChI is InChI=1S/C21H24N2O3/c1-13-5-6-14(2)16(11-13)19(15-7-9-22-10-8-15)23-20(25)17-12-18(24)26-21(17,3)4/h5-11,17,19H,12H2,1-4H3,(H,23,25)/t17-,19-/m1/s1. The Morgan fingerprint density at radius 2 is 1.92 bits per heavy atom. The molecular formula is C21H24N2O3. The van der Waals surface area contributed by atoms with Crippen LogP contribution in [0.2, 0.25) is 0 Å². The van der Waals surface area contributed by atoms with Gasteiger partial charge in [0.2, 0.25) is 5.91 Å². The highest BCUT2D eigenvalue weighted by atomic mass is 16.6. The lowest BCUT2D eigenvalue weighted by atomic mass is 9.88. The lowest BCUT2D eigenvalue weighted by Gasteiger charge is -2.27. The summed E-state index contributed by atoms with van der Waals surface area (Å²) >= 11 is 0. The molecule has 1 aromatic heterocycles. The van der Waals surface area contributed by atoms with Crippen LogP contribution >= 0.6 is 0 Å². The summed E-state index contributed by atoms with van der Waals surface area (Å²) in [5, 5.41) is 3.14. The van der Waals surface area contributed by atoms with Gasteiger partial charge in [0.25, 0.3) is 0 Å². The Morgan fingerprint density at radius 3 is 2.54 bits per heavy atom. The monoisotopic (exact) mass is 352 g/mol. The number of pyridine rings is 1. The Hall–Kier alpha value is -2.69. The molecule has 0 bridgehead atoms. The van der Waals surface area contributed by atoms with Gasteiger partial charge in [-0.15, -0.1) is 0 Å². The summed E-state index contributed by atoms with van der Waals surface area (Å²) in [5.41, 5.74) is 3.40. The molecule has 26 heavy (non-hydrogen) atoms. The zero-order chi connectivity index (χ0) is 18.9. The van der Waals surface area contributed by atoms with Crippen LogP contribution in [0.3, 0.4) is 0 Å². The fourth-order valence-electron chi connectivity index (χ4n) is 3.44. The van der Waals surface area contributed by atoms with E-state index in [1.54, 1.807) is 26.2 Å². The second kappa shape index (κ2) is 6.90. The average molecular weight is 352 g/mol. The third kappa shape index (κ3) is 3.62. The fraction of sp³-hybridized carbons (Fsp3) is 0.381. The van der Waals surface area contributed by atoms with Crippen molar-refractivity contribution in [1.82, 2.24) is 10.3 Å². The van der Waals surface area contributed by atoms with Crippen molar-refractivity contribution in [2.45, 2.75) is 45.8 Å². The van der Waals surface area contributed by atoms with Gasteiger partial charge in [-0.2, -0.15) is 0 Å². The molecule has 2 aromatic rings. The molecule has 0 aliphatic carbocycles. The van der Waals surface area contributed by atoms with Crippen LogP contribution in [0.1, 0.15) is 48.6 Å². The Morgan fingerprint density at radius 1 is 1.23 bits per heavy atom. The zero-order valence-electron chi connectivity index (χ0n) is 15.6. The third-order valence-electron chi connectivity index (χ3n) is 4.98. The molecule has 3 rings (SSSR count). The molecule has 1 amide bonds. The molecule has 2 atom stereocenters. The van der Waals surface area contributed by atoms with Gasteiger partial charge >= 0.3 is 5.97 Å². The molecule has 1 aliphatic heterocycles. The van der Waals surface area contributed by atoms with Crippen molar-refractivity contribution in [3.05, 3.63) is 65.0 Å². The summed E-state index contributed by atoms with van der Waals surface area (Å²) < 4.78 is 5.31. The molecule has 136 valence electrons. The summed E-state index contributed by atoms with van der Waals surface area (Å²) in [6, 6.07) is 9.68. The molecule has 0 saturated carbocycles. The first-order valence-corrected chi connectivity index (χ1v) is 8.77. The molecule has 5 heteroatoms. The first-order valence-electron chi connectivity index (χ1n) is 8.77. The van der Waals surface area contributed by atoms with Crippen molar-refractivity contribution in [2.24, 2.45) is 5.92 Å². The predicted molar refractivity (Wildman–Crippen MR) is 98.4 cm³/mol. The summed E-state index contributed by atoms with van der Waals surface area (Å²) in [6.45, 7) is 7.62. The number of cyclic esters (lactones) is 1. The Bertz CT molecular complexity index is 830. The number of carbonyl (C=O) groups excluding carboxylic acids is 2. The first kappa shape index (κ1) is 18.1. The molecule has 1 saturated heterocycles. The molecule has 2 heterocycles. The van der Waals surface area contributed by atoms with Crippen molar-refractivity contribution in [3.8, 4) is 0 Å². The quantitative estimate of drug-likeness (QED) is 0.858. The van der Waals surface area contributed by atoms with Gasteiger partial charge in [-0.1, -0.05) is 23.8 Å². The van der Waals surface area contributed by atoms with E-state index in [1.807, 2.05) is 26.0 Å². The van der Waals surface area contributed by atoms with Gasteiger partial charge in [0.05, 0.1) is 18.4 Å². The van der Waals surface area contributed by atoms with Crippen LogP contribution in [0.15, 0.2) is 42.7 Å². The van der Waals surface area contributed by atoms with E-state index in [-0.39, 0.29) is 24.3 Å². The highest BCUT2D eigenvalue weighted by molar-refractivity contribution is 5.88. The maximum atomic E-state index is 13.0. The van der Waals surface area contributed by atoms with Gasteiger partial charge in [0, 0.05) is 12.4 Å². The van der Waals surface area contributed by atoms with E-state index in [1.165, 1.54) is 0 Å². The zero-order valence-corrected chi connectivity index (χ0v) is 15.6. The number of aromatic nitrogens is 1. The van der Waals surface area contributed by atoms with Gasteiger partial charge in [-0.25, -0.2) is 0 Å². The highest BCUT2D eigenvalue weighted by Crippen LogP contribution is 2.34. The van der Waals surface area contributed by atoms with Crippen molar-refractivity contribution in [3.63, 3.8) is 0 Å². The van der Waals surface area contributed by atoms with Gasteiger partial charge in [0.1, 0.15) is 5.60 Å². The number of carbonyl (C=O) groups is 2. The number of amides is 1. The number of hydrogen-bond donors (Lipinski definition) is 1. The molecule has 0 unspecified atom stereocenters. The van der Waals surface area contributed by atoms with Crippen LogP contribution in [0.5, 0.6) is 0 Å². The van der Waals surface area contributed by atoms with Crippen LogP contribution < -0.4 is 5.32 Å². The largest absolute Gasteiger partial charge is 0.459 e. The summed E-state index contributed by atoms with van der Waals surface area (Å²) in [4.78, 5) is 28.8. The van der Waals surface area contributed by atoms with Crippen molar-refractivity contribution in [1.29, 1.82) is 0 Å². The number of nitrogens with zero attached hydrogens (tertiary/aromatic N) is 1. The second-order valence-electron chi connectivity index (χ2n) is 7.42. The van der Waals surface area contributed by atoms with Crippen molar-refractivity contribution >= 4 is 11.9 Å². The number of aryl methyl sites for hydroxylation is 2. The lowest BCUT2D eigenvalue weighted by Crippen LogP contribution is -2.42. The van der Waals surface area contributed by atoms with E-state index < -0.39 is 11.5 Å². The Balaban J connectivity index is 1.96.